The molecule has 106 valence electrons. The zero-order valence-corrected chi connectivity index (χ0v) is 12.9. The second kappa shape index (κ2) is 9.30. The molecule has 0 unspecified atom stereocenters. The number of aliphatic hydroxyl groups is 1. The molecule has 0 heterocycles. The van der Waals surface area contributed by atoms with Gasteiger partial charge in [0.25, 0.3) is 5.69 Å². The van der Waals surface area contributed by atoms with Crippen molar-refractivity contribution in [1.29, 1.82) is 0 Å². The molecule has 0 amide bonds. The molecule has 0 aromatic heterocycles. The summed E-state index contributed by atoms with van der Waals surface area (Å²) in [4.78, 5) is 10.3. The molecule has 0 fully saturated rings. The van der Waals surface area contributed by atoms with Crippen LogP contribution in [0.2, 0.25) is 0 Å². The molecule has 0 saturated carbocycles. The van der Waals surface area contributed by atoms with E-state index < -0.39 is 0 Å². The number of hydrogen-bond donors (Lipinski definition) is 2. The first kappa shape index (κ1) is 16.4. The fourth-order valence-electron chi connectivity index (χ4n) is 1.49. The molecule has 1 aromatic rings. The van der Waals surface area contributed by atoms with E-state index in [0.29, 0.717) is 6.54 Å². The maximum Gasteiger partial charge on any atom is 0.270 e. The number of hydrogen-bond acceptors (Lipinski definition) is 5. The first-order valence-electron chi connectivity index (χ1n) is 5.96. The minimum Gasteiger partial charge on any atom is -0.396 e. The smallest absolute Gasteiger partial charge is 0.270 e. The molecule has 0 atom stereocenters. The van der Waals surface area contributed by atoms with Crippen molar-refractivity contribution in [2.24, 2.45) is 0 Å². The van der Waals surface area contributed by atoms with Crippen LogP contribution in [0.4, 0.5) is 5.69 Å². The van der Waals surface area contributed by atoms with E-state index in [2.05, 4.69) is 21.2 Å². The minimum atomic E-state index is -0.390. The molecular formula is C12H17BrN2O3S. The van der Waals surface area contributed by atoms with E-state index in [9.17, 15) is 10.1 Å². The van der Waals surface area contributed by atoms with Gasteiger partial charge in [-0.15, -0.1) is 0 Å². The highest BCUT2D eigenvalue weighted by atomic mass is 79.9. The summed E-state index contributed by atoms with van der Waals surface area (Å²) in [6.45, 7) is 1.69. The van der Waals surface area contributed by atoms with E-state index in [1.807, 2.05) is 6.07 Å². The topological polar surface area (TPSA) is 75.4 Å². The molecule has 0 spiro atoms. The predicted octanol–water partition coefficient (Wildman–Crippen LogP) is 2.56. The van der Waals surface area contributed by atoms with Crippen molar-refractivity contribution in [2.75, 3.05) is 24.7 Å². The normalized spacial score (nSPS) is 10.6. The molecular weight excluding hydrogens is 332 g/mol. The third-order valence-corrected chi connectivity index (χ3v) is 3.88. The number of nitrogens with one attached hydrogen (secondary N) is 1. The highest BCUT2D eigenvalue weighted by molar-refractivity contribution is 9.10. The van der Waals surface area contributed by atoms with Crippen LogP contribution in [-0.2, 0) is 6.54 Å². The third kappa shape index (κ3) is 6.91. The molecule has 0 aliphatic heterocycles. The van der Waals surface area contributed by atoms with Crippen molar-refractivity contribution in [3.05, 3.63) is 38.3 Å². The lowest BCUT2D eigenvalue weighted by atomic mass is 10.2. The van der Waals surface area contributed by atoms with Gasteiger partial charge in [0.1, 0.15) is 0 Å². The number of nitro benzene ring substituents is 1. The van der Waals surface area contributed by atoms with Crippen molar-refractivity contribution in [3.63, 3.8) is 0 Å². The van der Waals surface area contributed by atoms with E-state index >= 15 is 0 Å². The highest BCUT2D eigenvalue weighted by Crippen LogP contribution is 2.21. The highest BCUT2D eigenvalue weighted by Gasteiger charge is 2.08. The number of nitro groups is 1. The summed E-state index contributed by atoms with van der Waals surface area (Å²) in [5.74, 6) is 1.93. The summed E-state index contributed by atoms with van der Waals surface area (Å²) in [7, 11) is 0. The molecule has 0 bridgehead atoms. The van der Waals surface area contributed by atoms with Crippen molar-refractivity contribution in [3.8, 4) is 0 Å². The number of halogens is 1. The lowest BCUT2D eigenvalue weighted by Gasteiger charge is -2.05. The summed E-state index contributed by atoms with van der Waals surface area (Å²) >= 11 is 5.06. The maximum absolute atomic E-state index is 10.7. The lowest BCUT2D eigenvalue weighted by Crippen LogP contribution is -2.16. The quantitative estimate of drug-likeness (QED) is 0.407. The van der Waals surface area contributed by atoms with E-state index in [1.54, 1.807) is 17.8 Å². The van der Waals surface area contributed by atoms with Crippen molar-refractivity contribution < 1.29 is 10.0 Å². The average molecular weight is 349 g/mol. The van der Waals surface area contributed by atoms with E-state index in [-0.39, 0.29) is 17.2 Å². The monoisotopic (exact) mass is 348 g/mol. The second-order valence-corrected chi connectivity index (χ2v) is 6.08. The number of benzene rings is 1. The van der Waals surface area contributed by atoms with Gasteiger partial charge in [-0.05, 0) is 23.8 Å². The van der Waals surface area contributed by atoms with Crippen LogP contribution in [0.15, 0.2) is 22.7 Å². The summed E-state index contributed by atoms with van der Waals surface area (Å²) in [6.07, 6.45) is 0.822. The Bertz CT molecular complexity index is 418. The number of non-ortho nitro benzene ring substituents is 1. The first-order chi connectivity index (χ1) is 9.13. The van der Waals surface area contributed by atoms with Gasteiger partial charge in [0.2, 0.25) is 0 Å². The van der Waals surface area contributed by atoms with E-state index in [4.69, 9.17) is 5.11 Å². The molecule has 0 aliphatic carbocycles. The zero-order valence-electron chi connectivity index (χ0n) is 10.5. The van der Waals surface area contributed by atoms with Gasteiger partial charge in [0, 0.05) is 42.1 Å². The van der Waals surface area contributed by atoms with Crippen molar-refractivity contribution in [1.82, 2.24) is 5.32 Å². The van der Waals surface area contributed by atoms with Gasteiger partial charge in [-0.2, -0.15) is 11.8 Å². The molecule has 5 nitrogen and oxygen atoms in total. The van der Waals surface area contributed by atoms with Crippen LogP contribution in [0.5, 0.6) is 0 Å². The summed E-state index contributed by atoms with van der Waals surface area (Å²) < 4.78 is 0.718. The van der Waals surface area contributed by atoms with Crippen LogP contribution in [0.25, 0.3) is 0 Å². The van der Waals surface area contributed by atoms with Gasteiger partial charge in [-0.25, -0.2) is 0 Å². The van der Waals surface area contributed by atoms with Crippen LogP contribution in [0.3, 0.4) is 0 Å². The minimum absolute atomic E-state index is 0.100. The number of nitrogens with zero attached hydrogens (tertiary/aromatic N) is 1. The fourth-order valence-corrected chi connectivity index (χ4v) is 2.84. The molecule has 0 aliphatic rings. The van der Waals surface area contributed by atoms with Gasteiger partial charge in [-0.3, -0.25) is 10.1 Å². The molecule has 2 N–H and O–H groups in total. The SMILES string of the molecule is O=[N+]([O-])c1cc(Br)cc(CNCCSCCCO)c1. The van der Waals surface area contributed by atoms with Gasteiger partial charge in [-0.1, -0.05) is 15.9 Å². The fraction of sp³-hybridized carbons (Fsp3) is 0.500. The Morgan fingerprint density at radius 1 is 1.37 bits per heavy atom. The first-order valence-corrected chi connectivity index (χ1v) is 7.91. The second-order valence-electron chi connectivity index (χ2n) is 3.94. The Labute approximate surface area is 125 Å². The van der Waals surface area contributed by atoms with E-state index in [1.165, 1.54) is 6.07 Å². The Morgan fingerprint density at radius 2 is 2.16 bits per heavy atom. The molecule has 0 saturated heterocycles. The zero-order chi connectivity index (χ0) is 14.1. The maximum atomic E-state index is 10.7. The summed E-state index contributed by atoms with van der Waals surface area (Å²) in [5, 5.41) is 22.6. The van der Waals surface area contributed by atoms with Crippen LogP contribution in [0.1, 0.15) is 12.0 Å². The summed E-state index contributed by atoms with van der Waals surface area (Å²) in [5.41, 5.74) is 0.991. The van der Waals surface area contributed by atoms with Crippen LogP contribution < -0.4 is 5.32 Å². The van der Waals surface area contributed by atoms with Gasteiger partial charge >= 0.3 is 0 Å². The van der Waals surface area contributed by atoms with Crippen LogP contribution >= 0.6 is 27.7 Å². The Balaban J connectivity index is 2.31. The van der Waals surface area contributed by atoms with Gasteiger partial charge in [0.05, 0.1) is 4.92 Å². The van der Waals surface area contributed by atoms with Crippen LogP contribution in [0, 0.1) is 10.1 Å². The standard InChI is InChI=1S/C12H17BrN2O3S/c13-11-6-10(7-12(8-11)15(17)18)9-14-2-5-19-4-1-3-16/h6-8,14,16H,1-5,9H2. The number of aliphatic hydroxyl groups excluding tert-OH is 1. The largest absolute Gasteiger partial charge is 0.396 e. The molecule has 1 aromatic carbocycles. The van der Waals surface area contributed by atoms with Gasteiger partial charge in [0.15, 0.2) is 0 Å². The van der Waals surface area contributed by atoms with Crippen LogP contribution in [-0.4, -0.2) is 34.7 Å². The predicted molar refractivity (Wildman–Crippen MR) is 81.5 cm³/mol. The Morgan fingerprint density at radius 3 is 2.84 bits per heavy atom. The molecule has 7 heteroatoms. The Kier molecular flexibility index (Phi) is 8.04. The summed E-state index contributed by atoms with van der Waals surface area (Å²) in [6, 6.07) is 4.95. The van der Waals surface area contributed by atoms with Gasteiger partial charge < -0.3 is 10.4 Å². The molecule has 1 rings (SSSR count). The van der Waals surface area contributed by atoms with E-state index in [0.717, 1.165) is 34.5 Å². The van der Waals surface area contributed by atoms with Crippen molar-refractivity contribution in [2.45, 2.75) is 13.0 Å². The van der Waals surface area contributed by atoms with Crippen molar-refractivity contribution >= 4 is 33.4 Å². The third-order valence-electron chi connectivity index (χ3n) is 2.35. The molecule has 0 radical (unpaired) electrons. The number of thioether (sulfide) groups is 1. The molecule has 19 heavy (non-hydrogen) atoms. The lowest BCUT2D eigenvalue weighted by molar-refractivity contribution is -0.385. The Hall–Kier alpha value is -0.630. The number of rotatable bonds is 9. The average Bonchev–Trinajstić information content (AvgIpc) is 2.37.